The van der Waals surface area contributed by atoms with E-state index in [1.54, 1.807) is 6.08 Å². The first-order valence-corrected chi connectivity index (χ1v) is 9.34. The van der Waals surface area contributed by atoms with Gasteiger partial charge in [-0.1, -0.05) is 40.0 Å². The second-order valence-electron chi connectivity index (χ2n) is 8.42. The van der Waals surface area contributed by atoms with Gasteiger partial charge in [-0.3, -0.25) is 14.4 Å². The Labute approximate surface area is 149 Å². The van der Waals surface area contributed by atoms with Crippen LogP contribution in [-0.2, 0) is 23.9 Å². The maximum atomic E-state index is 12.6. The van der Waals surface area contributed by atoms with Gasteiger partial charge in [-0.15, -0.1) is 0 Å². The average Bonchev–Trinajstić information content (AvgIpc) is 2.90. The Morgan fingerprint density at radius 1 is 1.32 bits per heavy atom. The molecule has 0 N–H and O–H groups in total. The van der Waals surface area contributed by atoms with Gasteiger partial charge in [0, 0.05) is 6.92 Å². The Morgan fingerprint density at radius 2 is 2.04 bits per heavy atom. The normalized spacial score (nSPS) is 36.7. The molecule has 2 aliphatic carbocycles. The lowest BCUT2D eigenvalue weighted by Crippen LogP contribution is -2.30. The Morgan fingerprint density at radius 3 is 2.68 bits per heavy atom. The van der Waals surface area contributed by atoms with Crippen molar-refractivity contribution >= 4 is 17.7 Å². The molecule has 0 aromatic heterocycles. The largest absolute Gasteiger partial charge is 0.458 e. The summed E-state index contributed by atoms with van der Waals surface area (Å²) in [5.41, 5.74) is -1.60. The van der Waals surface area contributed by atoms with Crippen LogP contribution in [0.15, 0.2) is 12.2 Å². The minimum Gasteiger partial charge on any atom is -0.458 e. The summed E-state index contributed by atoms with van der Waals surface area (Å²) in [4.78, 5) is 36.1. The molecule has 25 heavy (non-hydrogen) atoms. The van der Waals surface area contributed by atoms with E-state index in [0.717, 1.165) is 12.8 Å². The van der Waals surface area contributed by atoms with Gasteiger partial charge in [-0.25, -0.2) is 0 Å². The number of hydrogen-bond acceptors (Lipinski definition) is 5. The Bertz CT molecular complexity index is 622. The maximum Gasteiger partial charge on any atom is 0.307 e. The van der Waals surface area contributed by atoms with Crippen LogP contribution >= 0.6 is 0 Å². The zero-order valence-electron chi connectivity index (χ0n) is 15.5. The number of esters is 2. The molecule has 138 valence electrons. The SMILES string of the molecule is CC(=O)O[C@@H]1C=CC(=O)C23CC(=O)O[C@@]2(CC(C)CCCC(C)C)C13. The third-order valence-corrected chi connectivity index (χ3v) is 6.06. The summed E-state index contributed by atoms with van der Waals surface area (Å²) >= 11 is 0. The topological polar surface area (TPSA) is 69.7 Å². The van der Waals surface area contributed by atoms with Crippen molar-refractivity contribution in [2.75, 3.05) is 0 Å². The lowest BCUT2D eigenvalue weighted by molar-refractivity contribution is -0.152. The highest BCUT2D eigenvalue weighted by atomic mass is 16.6. The fourth-order valence-corrected chi connectivity index (χ4v) is 5.07. The monoisotopic (exact) mass is 348 g/mol. The van der Waals surface area contributed by atoms with Crippen LogP contribution in [0, 0.1) is 23.2 Å². The second-order valence-corrected chi connectivity index (χ2v) is 8.42. The summed E-state index contributed by atoms with van der Waals surface area (Å²) in [6.07, 6.45) is 6.74. The van der Waals surface area contributed by atoms with Gasteiger partial charge in [0.05, 0.1) is 17.8 Å². The van der Waals surface area contributed by atoms with Gasteiger partial charge in [0.15, 0.2) is 5.78 Å². The highest BCUT2D eigenvalue weighted by Gasteiger charge is 2.88. The number of ether oxygens (including phenoxy) is 2. The number of carbonyl (C=O) groups excluding carboxylic acids is 3. The molecule has 3 aliphatic rings. The number of fused-ring (bicyclic) bond motifs is 1. The van der Waals surface area contributed by atoms with Crippen molar-refractivity contribution in [1.29, 1.82) is 0 Å². The van der Waals surface area contributed by atoms with E-state index in [-0.39, 0.29) is 30.1 Å². The molecule has 1 aliphatic heterocycles. The molecule has 0 aromatic rings. The van der Waals surface area contributed by atoms with Crippen LogP contribution in [-0.4, -0.2) is 29.4 Å². The van der Waals surface area contributed by atoms with Crippen LogP contribution in [0.5, 0.6) is 0 Å². The van der Waals surface area contributed by atoms with Crippen LogP contribution in [0.2, 0.25) is 0 Å². The lowest BCUT2D eigenvalue weighted by atomic mass is 9.85. The smallest absolute Gasteiger partial charge is 0.307 e. The molecule has 2 fully saturated rings. The average molecular weight is 348 g/mol. The van der Waals surface area contributed by atoms with Crippen LogP contribution < -0.4 is 0 Å². The van der Waals surface area contributed by atoms with E-state index in [2.05, 4.69) is 20.8 Å². The van der Waals surface area contributed by atoms with E-state index in [4.69, 9.17) is 9.47 Å². The predicted octanol–water partition coefficient (Wildman–Crippen LogP) is 3.21. The zero-order valence-corrected chi connectivity index (χ0v) is 15.5. The van der Waals surface area contributed by atoms with Crippen molar-refractivity contribution in [3.8, 4) is 0 Å². The first kappa shape index (κ1) is 18.2. The molecule has 1 spiro atoms. The molecule has 5 heteroatoms. The molecular formula is C20H28O5. The van der Waals surface area contributed by atoms with E-state index < -0.39 is 17.1 Å². The molecule has 0 amide bonds. The van der Waals surface area contributed by atoms with Gasteiger partial charge in [0.2, 0.25) is 0 Å². The first-order valence-electron chi connectivity index (χ1n) is 9.34. The van der Waals surface area contributed by atoms with Crippen LogP contribution in [0.25, 0.3) is 0 Å². The summed E-state index contributed by atoms with van der Waals surface area (Å²) < 4.78 is 11.2. The second kappa shape index (κ2) is 6.26. The zero-order chi connectivity index (χ0) is 18.4. The van der Waals surface area contributed by atoms with E-state index in [1.165, 1.54) is 19.4 Å². The predicted molar refractivity (Wildman–Crippen MR) is 91.5 cm³/mol. The van der Waals surface area contributed by atoms with Gasteiger partial charge >= 0.3 is 11.9 Å². The molecule has 1 saturated heterocycles. The Balaban J connectivity index is 1.77. The lowest BCUT2D eigenvalue weighted by Gasteiger charge is -2.23. The third-order valence-electron chi connectivity index (χ3n) is 6.06. The minimum atomic E-state index is -0.814. The van der Waals surface area contributed by atoms with Crippen molar-refractivity contribution in [2.45, 2.75) is 71.5 Å². The van der Waals surface area contributed by atoms with Crippen molar-refractivity contribution in [1.82, 2.24) is 0 Å². The number of ketones is 1. The number of rotatable bonds is 7. The van der Waals surface area contributed by atoms with Crippen LogP contribution in [0.1, 0.15) is 59.8 Å². The maximum absolute atomic E-state index is 12.6. The van der Waals surface area contributed by atoms with E-state index in [1.807, 2.05) is 0 Å². The van der Waals surface area contributed by atoms with Gasteiger partial charge in [-0.05, 0) is 30.4 Å². The summed E-state index contributed by atoms with van der Waals surface area (Å²) in [6, 6.07) is 0. The molecule has 3 rings (SSSR count). The molecule has 3 unspecified atom stereocenters. The summed E-state index contributed by atoms with van der Waals surface area (Å²) in [7, 11) is 0. The van der Waals surface area contributed by atoms with Crippen molar-refractivity contribution in [3.05, 3.63) is 12.2 Å². The highest BCUT2D eigenvalue weighted by Crippen LogP contribution is 2.75. The quantitative estimate of drug-likeness (QED) is 0.661. The number of hydrogen-bond donors (Lipinski definition) is 0. The van der Waals surface area contributed by atoms with Crippen LogP contribution in [0.4, 0.5) is 0 Å². The van der Waals surface area contributed by atoms with Gasteiger partial charge in [-0.2, -0.15) is 0 Å². The molecule has 0 bridgehead atoms. The standard InChI is InChI=1S/C20H28O5/c1-12(2)6-5-7-13(3)10-20-18-15(24-14(4)21)8-9-16(22)19(18,20)11-17(23)25-20/h8-9,12-13,15,18H,5-7,10-11H2,1-4H3/t13?,15-,18?,19?,20+/m1/s1. The van der Waals surface area contributed by atoms with Gasteiger partial charge in [0.1, 0.15) is 11.7 Å². The van der Waals surface area contributed by atoms with Gasteiger partial charge < -0.3 is 9.47 Å². The molecule has 0 radical (unpaired) electrons. The van der Waals surface area contributed by atoms with Crippen molar-refractivity contribution in [2.24, 2.45) is 23.2 Å². The van der Waals surface area contributed by atoms with E-state index in [0.29, 0.717) is 18.3 Å². The Kier molecular flexibility index (Phi) is 4.54. The van der Waals surface area contributed by atoms with E-state index in [9.17, 15) is 14.4 Å². The molecule has 5 nitrogen and oxygen atoms in total. The molecule has 1 heterocycles. The fraction of sp³-hybridized carbons (Fsp3) is 0.750. The molecule has 1 saturated carbocycles. The molecule has 0 aromatic carbocycles. The Hall–Kier alpha value is -1.65. The third kappa shape index (κ3) is 2.81. The van der Waals surface area contributed by atoms with Crippen LogP contribution in [0.3, 0.4) is 0 Å². The fourth-order valence-electron chi connectivity index (χ4n) is 5.07. The molecule has 5 atom stereocenters. The summed E-state index contributed by atoms with van der Waals surface area (Å²) in [5.74, 6) is 0.0424. The number of allylic oxidation sites excluding steroid dienone is 1. The number of carbonyl (C=O) groups is 3. The molecular weight excluding hydrogens is 320 g/mol. The highest BCUT2D eigenvalue weighted by molar-refractivity contribution is 6.05. The van der Waals surface area contributed by atoms with Crippen molar-refractivity contribution < 1.29 is 23.9 Å². The minimum absolute atomic E-state index is 0.0545. The summed E-state index contributed by atoms with van der Waals surface area (Å²) in [6.45, 7) is 7.93. The van der Waals surface area contributed by atoms with Crippen molar-refractivity contribution in [3.63, 3.8) is 0 Å². The first-order chi connectivity index (χ1) is 11.7. The van der Waals surface area contributed by atoms with E-state index >= 15 is 0 Å². The van der Waals surface area contributed by atoms with Gasteiger partial charge in [0.25, 0.3) is 0 Å². The summed E-state index contributed by atoms with van der Waals surface area (Å²) in [5, 5.41) is 0.